The van der Waals surface area contributed by atoms with E-state index in [1.165, 1.54) is 23.4 Å². The minimum Gasteiger partial charge on any atom is -0.370 e. The predicted octanol–water partition coefficient (Wildman–Crippen LogP) is 2.50. The van der Waals surface area contributed by atoms with Crippen LogP contribution in [0.3, 0.4) is 0 Å². The van der Waals surface area contributed by atoms with Crippen LogP contribution >= 0.6 is 11.3 Å². The Hall–Kier alpha value is -1.21. The number of hydrogen-bond acceptors (Lipinski definition) is 5. The third-order valence-electron chi connectivity index (χ3n) is 5.94. The van der Waals surface area contributed by atoms with Gasteiger partial charge in [0.25, 0.3) is 0 Å². The van der Waals surface area contributed by atoms with E-state index in [0.29, 0.717) is 0 Å². The van der Waals surface area contributed by atoms with Gasteiger partial charge in [-0.05, 0) is 48.9 Å². The Morgan fingerprint density at radius 2 is 2.20 bits per heavy atom. The summed E-state index contributed by atoms with van der Waals surface area (Å²) >= 11 is 1.90. The average molecular weight is 359 g/mol. The first-order valence-corrected chi connectivity index (χ1v) is 10.4. The second kappa shape index (κ2) is 6.50. The summed E-state index contributed by atoms with van der Waals surface area (Å²) in [7, 11) is 0. The Balaban J connectivity index is 1.26. The fourth-order valence-corrected chi connectivity index (χ4v) is 5.52. The minimum absolute atomic E-state index is 0.0145. The number of piperidine rings is 1. The molecule has 5 heterocycles. The van der Waals surface area contributed by atoms with Crippen LogP contribution in [-0.2, 0) is 36.4 Å². The Bertz CT molecular complexity index is 721. The third kappa shape index (κ3) is 2.95. The van der Waals surface area contributed by atoms with Crippen molar-refractivity contribution in [1.29, 1.82) is 0 Å². The lowest BCUT2D eigenvalue weighted by Gasteiger charge is -2.44. The van der Waals surface area contributed by atoms with E-state index in [9.17, 15) is 0 Å². The molecule has 0 aromatic carbocycles. The number of hydrogen-bond donors (Lipinski definition) is 1. The van der Waals surface area contributed by atoms with Crippen molar-refractivity contribution in [3.63, 3.8) is 0 Å². The molecule has 134 valence electrons. The van der Waals surface area contributed by atoms with Gasteiger partial charge in [-0.25, -0.2) is 0 Å². The maximum atomic E-state index is 6.32. The first-order valence-electron chi connectivity index (χ1n) is 9.52. The number of nitrogens with one attached hydrogen (secondary N) is 1. The SMILES string of the molecule is c1cc2c(s1)CCOC21CCN(Cc2cc3n(n2)CCCNC3)CC1. The van der Waals surface area contributed by atoms with Crippen molar-refractivity contribution in [3.8, 4) is 0 Å². The van der Waals surface area contributed by atoms with Crippen molar-refractivity contribution >= 4 is 11.3 Å². The van der Waals surface area contributed by atoms with Crippen molar-refractivity contribution in [2.45, 2.75) is 50.9 Å². The van der Waals surface area contributed by atoms with Gasteiger partial charge in [0, 0.05) is 44.0 Å². The summed E-state index contributed by atoms with van der Waals surface area (Å²) in [6.07, 6.45) is 4.46. The molecule has 1 N–H and O–H groups in total. The Morgan fingerprint density at radius 3 is 3.12 bits per heavy atom. The van der Waals surface area contributed by atoms with Gasteiger partial charge in [0.15, 0.2) is 0 Å². The van der Waals surface area contributed by atoms with Gasteiger partial charge in [0.1, 0.15) is 0 Å². The van der Waals surface area contributed by atoms with Crippen LogP contribution in [0.5, 0.6) is 0 Å². The zero-order valence-corrected chi connectivity index (χ0v) is 15.5. The van der Waals surface area contributed by atoms with Crippen molar-refractivity contribution in [3.05, 3.63) is 39.3 Å². The Labute approximate surface area is 153 Å². The largest absolute Gasteiger partial charge is 0.370 e. The van der Waals surface area contributed by atoms with Gasteiger partial charge in [-0.1, -0.05) is 0 Å². The maximum Gasteiger partial charge on any atom is 0.0966 e. The van der Waals surface area contributed by atoms with Crippen LogP contribution < -0.4 is 5.32 Å². The smallest absolute Gasteiger partial charge is 0.0966 e. The number of nitrogens with zero attached hydrogens (tertiary/aromatic N) is 3. The molecule has 2 aromatic rings. The Kier molecular flexibility index (Phi) is 4.16. The standard InChI is InChI=1S/C19H26N4OS/c1-6-20-13-16-12-15(21-23(16)7-1)14-22-8-4-19(5-9-22)17-3-11-25-18(17)2-10-24-19/h3,11-12,20H,1-2,4-10,13-14H2. The van der Waals surface area contributed by atoms with Gasteiger partial charge in [-0.15, -0.1) is 11.3 Å². The van der Waals surface area contributed by atoms with Gasteiger partial charge in [0.05, 0.1) is 23.6 Å². The summed E-state index contributed by atoms with van der Waals surface area (Å²) in [6.45, 7) is 7.12. The summed E-state index contributed by atoms with van der Waals surface area (Å²) < 4.78 is 8.52. The van der Waals surface area contributed by atoms with Crippen LogP contribution in [0.15, 0.2) is 17.5 Å². The van der Waals surface area contributed by atoms with Crippen LogP contribution in [0.25, 0.3) is 0 Å². The fourth-order valence-electron chi connectivity index (χ4n) is 4.57. The molecule has 3 aliphatic rings. The lowest BCUT2D eigenvalue weighted by atomic mass is 9.82. The summed E-state index contributed by atoms with van der Waals surface area (Å²) in [5.41, 5.74) is 4.01. The van der Waals surface area contributed by atoms with Gasteiger partial charge in [-0.3, -0.25) is 9.58 Å². The molecule has 3 aliphatic heterocycles. The van der Waals surface area contributed by atoms with E-state index in [1.54, 1.807) is 4.88 Å². The van der Waals surface area contributed by atoms with Crippen LogP contribution in [0.1, 0.15) is 41.1 Å². The molecular formula is C19H26N4OS. The minimum atomic E-state index is -0.0145. The highest BCUT2D eigenvalue weighted by Crippen LogP contribution is 2.43. The number of fused-ring (bicyclic) bond motifs is 3. The molecule has 25 heavy (non-hydrogen) atoms. The van der Waals surface area contributed by atoms with E-state index in [2.05, 4.69) is 32.4 Å². The molecule has 5 rings (SSSR count). The lowest BCUT2D eigenvalue weighted by Crippen LogP contribution is -2.45. The zero-order chi connectivity index (χ0) is 16.7. The fraction of sp³-hybridized carbons (Fsp3) is 0.632. The van der Waals surface area contributed by atoms with Gasteiger partial charge >= 0.3 is 0 Å². The van der Waals surface area contributed by atoms with E-state index in [-0.39, 0.29) is 5.60 Å². The quantitative estimate of drug-likeness (QED) is 0.896. The van der Waals surface area contributed by atoms with Gasteiger partial charge < -0.3 is 10.1 Å². The van der Waals surface area contributed by atoms with Crippen LogP contribution in [0, 0.1) is 0 Å². The molecule has 0 unspecified atom stereocenters. The predicted molar refractivity (Wildman–Crippen MR) is 98.7 cm³/mol. The van der Waals surface area contributed by atoms with E-state index < -0.39 is 0 Å². The monoisotopic (exact) mass is 358 g/mol. The topological polar surface area (TPSA) is 42.3 Å². The number of aryl methyl sites for hydroxylation is 1. The van der Waals surface area contributed by atoms with Gasteiger partial charge in [0.2, 0.25) is 0 Å². The molecular weight excluding hydrogens is 332 g/mol. The van der Waals surface area contributed by atoms with Gasteiger partial charge in [-0.2, -0.15) is 5.10 Å². The number of likely N-dealkylation sites (tertiary alicyclic amines) is 1. The molecule has 0 bridgehead atoms. The van der Waals surface area contributed by atoms with E-state index in [0.717, 1.165) is 65.1 Å². The first-order chi connectivity index (χ1) is 12.3. The molecule has 0 radical (unpaired) electrons. The third-order valence-corrected chi connectivity index (χ3v) is 6.92. The molecule has 0 saturated carbocycles. The molecule has 6 heteroatoms. The maximum absolute atomic E-state index is 6.32. The van der Waals surface area contributed by atoms with Crippen molar-refractivity contribution in [1.82, 2.24) is 20.0 Å². The van der Waals surface area contributed by atoms with E-state index >= 15 is 0 Å². The Morgan fingerprint density at radius 1 is 1.28 bits per heavy atom. The van der Waals surface area contributed by atoms with Crippen LogP contribution in [-0.4, -0.2) is 40.9 Å². The number of aromatic nitrogens is 2. The van der Waals surface area contributed by atoms with Crippen LogP contribution in [0.4, 0.5) is 0 Å². The lowest BCUT2D eigenvalue weighted by molar-refractivity contribution is -0.0982. The molecule has 0 atom stereocenters. The van der Waals surface area contributed by atoms with E-state index in [4.69, 9.17) is 9.84 Å². The molecule has 0 aliphatic carbocycles. The highest BCUT2D eigenvalue weighted by molar-refractivity contribution is 7.10. The summed E-state index contributed by atoms with van der Waals surface area (Å²) in [6, 6.07) is 4.59. The van der Waals surface area contributed by atoms with Crippen molar-refractivity contribution < 1.29 is 4.74 Å². The van der Waals surface area contributed by atoms with E-state index in [1.807, 2.05) is 11.3 Å². The number of ether oxygens (including phenoxy) is 1. The molecule has 1 saturated heterocycles. The van der Waals surface area contributed by atoms with Crippen molar-refractivity contribution in [2.24, 2.45) is 0 Å². The van der Waals surface area contributed by atoms with Crippen LogP contribution in [0.2, 0.25) is 0 Å². The summed E-state index contributed by atoms with van der Waals surface area (Å²) in [4.78, 5) is 4.09. The normalized spacial score (nSPS) is 23.2. The summed E-state index contributed by atoms with van der Waals surface area (Å²) in [5.74, 6) is 0. The molecule has 0 amide bonds. The highest BCUT2D eigenvalue weighted by atomic mass is 32.1. The first kappa shape index (κ1) is 16.0. The molecule has 5 nitrogen and oxygen atoms in total. The number of thiophene rings is 1. The molecule has 2 aromatic heterocycles. The highest BCUT2D eigenvalue weighted by Gasteiger charge is 2.41. The summed E-state index contributed by atoms with van der Waals surface area (Å²) in [5, 5.41) is 10.6. The second-order valence-electron chi connectivity index (χ2n) is 7.51. The average Bonchev–Trinajstić information content (AvgIpc) is 3.20. The molecule has 1 fully saturated rings. The van der Waals surface area contributed by atoms with Crippen molar-refractivity contribution in [2.75, 3.05) is 26.2 Å². The zero-order valence-electron chi connectivity index (χ0n) is 14.7. The second-order valence-corrected chi connectivity index (χ2v) is 8.51. The molecule has 1 spiro atoms. The number of rotatable bonds is 2.